The number of carbonyl (C=O) groups excluding carboxylic acids is 1. The van der Waals surface area contributed by atoms with E-state index in [9.17, 15) is 4.79 Å². The molecular weight excluding hydrogens is 410 g/mol. The molecule has 1 aliphatic heterocycles. The monoisotopic (exact) mass is 449 g/mol. The molecule has 1 heterocycles. The smallest absolute Gasteiger partial charge is 0.223 e. The van der Waals surface area contributed by atoms with Gasteiger partial charge in [0.25, 0.3) is 0 Å². The zero-order chi connectivity index (χ0) is 23.5. The normalized spacial score (nSPS) is 16.5. The molecule has 178 valence electrons. The van der Waals surface area contributed by atoms with Gasteiger partial charge in [0, 0.05) is 45.1 Å². The Balaban J connectivity index is 1.49. The van der Waals surface area contributed by atoms with Crippen LogP contribution < -0.4 is 10.6 Å². The summed E-state index contributed by atoms with van der Waals surface area (Å²) in [7, 11) is 2.13. The van der Waals surface area contributed by atoms with Crippen LogP contribution in [0.1, 0.15) is 37.0 Å². The van der Waals surface area contributed by atoms with Crippen LogP contribution in [0, 0.1) is 5.92 Å². The summed E-state index contributed by atoms with van der Waals surface area (Å²) in [6.45, 7) is 10.0. The van der Waals surface area contributed by atoms with E-state index in [1.807, 2.05) is 11.0 Å². The first-order valence-corrected chi connectivity index (χ1v) is 12.2. The number of guanidine groups is 1. The predicted octanol–water partition coefficient (Wildman–Crippen LogP) is 3.28. The van der Waals surface area contributed by atoms with Crippen LogP contribution in [0.4, 0.5) is 0 Å². The number of benzene rings is 2. The fourth-order valence-electron chi connectivity index (χ4n) is 4.12. The molecule has 33 heavy (non-hydrogen) atoms. The van der Waals surface area contributed by atoms with Crippen molar-refractivity contribution in [3.8, 4) is 0 Å². The van der Waals surface area contributed by atoms with Crippen LogP contribution in [-0.2, 0) is 24.3 Å². The molecule has 1 atom stereocenters. The third-order valence-corrected chi connectivity index (χ3v) is 6.11. The largest absolute Gasteiger partial charge is 0.357 e. The minimum absolute atomic E-state index is 0.258. The van der Waals surface area contributed by atoms with Crippen LogP contribution in [0.15, 0.2) is 59.6 Å². The van der Waals surface area contributed by atoms with Gasteiger partial charge in [-0.25, -0.2) is 4.99 Å². The molecule has 0 aliphatic carbocycles. The van der Waals surface area contributed by atoms with Crippen molar-refractivity contribution in [1.82, 2.24) is 20.4 Å². The van der Waals surface area contributed by atoms with E-state index < -0.39 is 0 Å². The summed E-state index contributed by atoms with van der Waals surface area (Å²) in [6, 6.07) is 19.0. The Bertz CT molecular complexity index is 898. The highest BCUT2D eigenvalue weighted by atomic mass is 16.2. The van der Waals surface area contributed by atoms with E-state index in [-0.39, 0.29) is 5.91 Å². The van der Waals surface area contributed by atoms with Crippen molar-refractivity contribution in [1.29, 1.82) is 0 Å². The lowest BCUT2D eigenvalue weighted by atomic mass is 10.1. The zero-order valence-corrected chi connectivity index (χ0v) is 20.4. The van der Waals surface area contributed by atoms with E-state index >= 15 is 0 Å². The molecular formula is C27H39N5O. The van der Waals surface area contributed by atoms with Crippen molar-refractivity contribution in [3.63, 3.8) is 0 Å². The third-order valence-electron chi connectivity index (χ3n) is 6.11. The van der Waals surface area contributed by atoms with Crippen molar-refractivity contribution < 1.29 is 4.79 Å². The van der Waals surface area contributed by atoms with Gasteiger partial charge in [-0.3, -0.25) is 4.79 Å². The van der Waals surface area contributed by atoms with Gasteiger partial charge in [-0.2, -0.15) is 0 Å². The zero-order valence-electron chi connectivity index (χ0n) is 20.4. The molecule has 0 spiro atoms. The number of hydrogen-bond donors (Lipinski definition) is 2. The molecule has 0 bridgehead atoms. The van der Waals surface area contributed by atoms with Gasteiger partial charge < -0.3 is 20.4 Å². The fourth-order valence-corrected chi connectivity index (χ4v) is 4.12. The highest BCUT2D eigenvalue weighted by Crippen LogP contribution is 2.17. The molecule has 1 amide bonds. The minimum atomic E-state index is 0.258. The van der Waals surface area contributed by atoms with Crippen molar-refractivity contribution in [2.75, 3.05) is 39.8 Å². The number of hydrogen-bond acceptors (Lipinski definition) is 3. The van der Waals surface area contributed by atoms with E-state index in [4.69, 9.17) is 4.99 Å². The Morgan fingerprint density at radius 3 is 2.58 bits per heavy atom. The molecule has 0 aromatic heterocycles. The quantitative estimate of drug-likeness (QED) is 0.408. The predicted molar refractivity (Wildman–Crippen MR) is 136 cm³/mol. The summed E-state index contributed by atoms with van der Waals surface area (Å²) in [5.41, 5.74) is 3.79. The van der Waals surface area contributed by atoms with E-state index in [2.05, 4.69) is 85.0 Å². The van der Waals surface area contributed by atoms with Gasteiger partial charge in [0.2, 0.25) is 5.91 Å². The number of likely N-dealkylation sites (tertiary alicyclic amines) is 1. The first-order chi connectivity index (χ1) is 16.1. The SMILES string of the molecule is CCNC(=NCc1cccc(CN(C)CC)c1)NCC1CC(=O)N(CCc2ccccc2)C1. The average molecular weight is 450 g/mol. The van der Waals surface area contributed by atoms with Crippen LogP contribution in [0.3, 0.4) is 0 Å². The maximum atomic E-state index is 12.5. The summed E-state index contributed by atoms with van der Waals surface area (Å²) < 4.78 is 0. The first kappa shape index (κ1) is 24.8. The molecule has 6 heteroatoms. The lowest BCUT2D eigenvalue weighted by Crippen LogP contribution is -2.40. The molecule has 0 saturated carbocycles. The van der Waals surface area contributed by atoms with Crippen LogP contribution in [0.5, 0.6) is 0 Å². The lowest BCUT2D eigenvalue weighted by Gasteiger charge is -2.18. The lowest BCUT2D eigenvalue weighted by molar-refractivity contribution is -0.127. The number of nitrogens with zero attached hydrogens (tertiary/aromatic N) is 3. The van der Waals surface area contributed by atoms with E-state index in [1.54, 1.807) is 0 Å². The second-order valence-corrected chi connectivity index (χ2v) is 8.87. The molecule has 6 nitrogen and oxygen atoms in total. The Morgan fingerprint density at radius 1 is 1.06 bits per heavy atom. The van der Waals surface area contributed by atoms with Gasteiger partial charge in [0.15, 0.2) is 5.96 Å². The van der Waals surface area contributed by atoms with E-state index in [1.165, 1.54) is 16.7 Å². The number of amides is 1. The average Bonchev–Trinajstić information content (AvgIpc) is 3.19. The highest BCUT2D eigenvalue weighted by molar-refractivity contribution is 5.81. The molecule has 2 aromatic carbocycles. The number of nitrogens with one attached hydrogen (secondary N) is 2. The first-order valence-electron chi connectivity index (χ1n) is 12.2. The molecule has 3 rings (SSSR count). The van der Waals surface area contributed by atoms with Gasteiger partial charge in [-0.15, -0.1) is 0 Å². The summed E-state index contributed by atoms with van der Waals surface area (Å²) >= 11 is 0. The van der Waals surface area contributed by atoms with Gasteiger partial charge in [0.1, 0.15) is 0 Å². The van der Waals surface area contributed by atoms with Gasteiger partial charge in [-0.1, -0.05) is 61.5 Å². The summed E-state index contributed by atoms with van der Waals surface area (Å²) in [5.74, 6) is 1.38. The summed E-state index contributed by atoms with van der Waals surface area (Å²) in [5, 5.41) is 6.79. The number of aliphatic imine (C=N–C) groups is 1. The molecule has 2 N–H and O–H groups in total. The Labute approximate surface area is 199 Å². The van der Waals surface area contributed by atoms with Crippen molar-refractivity contribution in [2.45, 2.75) is 39.8 Å². The second-order valence-electron chi connectivity index (χ2n) is 8.87. The third kappa shape index (κ3) is 8.21. The summed E-state index contributed by atoms with van der Waals surface area (Å²) in [4.78, 5) is 21.5. The van der Waals surface area contributed by atoms with E-state index in [0.717, 1.165) is 51.6 Å². The molecule has 1 fully saturated rings. The molecule has 1 saturated heterocycles. The molecule has 2 aromatic rings. The van der Waals surface area contributed by atoms with Crippen molar-refractivity contribution in [2.24, 2.45) is 10.9 Å². The molecule has 0 radical (unpaired) electrons. The Morgan fingerprint density at radius 2 is 1.82 bits per heavy atom. The highest BCUT2D eigenvalue weighted by Gasteiger charge is 2.29. The van der Waals surface area contributed by atoms with Crippen LogP contribution in [-0.4, -0.2) is 61.4 Å². The van der Waals surface area contributed by atoms with Crippen LogP contribution in [0.2, 0.25) is 0 Å². The van der Waals surface area contributed by atoms with Crippen molar-refractivity contribution >= 4 is 11.9 Å². The maximum absolute atomic E-state index is 12.5. The Kier molecular flexibility index (Phi) is 9.76. The molecule has 1 aliphatic rings. The maximum Gasteiger partial charge on any atom is 0.223 e. The van der Waals surface area contributed by atoms with Gasteiger partial charge in [0.05, 0.1) is 6.54 Å². The number of rotatable bonds is 11. The van der Waals surface area contributed by atoms with E-state index in [0.29, 0.717) is 18.9 Å². The second kappa shape index (κ2) is 13.0. The topological polar surface area (TPSA) is 60.0 Å². The Hall–Kier alpha value is -2.86. The minimum Gasteiger partial charge on any atom is -0.357 e. The van der Waals surface area contributed by atoms with Gasteiger partial charge >= 0.3 is 0 Å². The number of carbonyl (C=O) groups is 1. The summed E-state index contributed by atoms with van der Waals surface area (Å²) in [6.07, 6.45) is 1.51. The molecule has 1 unspecified atom stereocenters. The van der Waals surface area contributed by atoms with Crippen molar-refractivity contribution in [3.05, 3.63) is 71.3 Å². The van der Waals surface area contributed by atoms with Gasteiger partial charge in [-0.05, 0) is 43.6 Å². The standard InChI is InChI=1S/C27H39N5O/c1-4-28-27(29-18-23-12-9-13-24(16-23)20-31(3)5-2)30-19-25-17-26(33)32(21-25)15-14-22-10-7-6-8-11-22/h6-13,16,25H,4-5,14-15,17-21H2,1-3H3,(H2,28,29,30). The van der Waals surface area contributed by atoms with Crippen LogP contribution in [0.25, 0.3) is 0 Å². The fraction of sp³-hybridized carbons (Fsp3) is 0.481. The van der Waals surface area contributed by atoms with Crippen LogP contribution >= 0.6 is 0 Å².